The van der Waals surface area contributed by atoms with Crippen LogP contribution in [0.2, 0.25) is 5.02 Å². The number of benzene rings is 1. The molecule has 0 bridgehead atoms. The van der Waals surface area contributed by atoms with Gasteiger partial charge in [0.05, 0.1) is 0 Å². The molecular formula is C17H27ClN2. The summed E-state index contributed by atoms with van der Waals surface area (Å²) in [6.45, 7) is 7.89. The topological polar surface area (TPSA) is 24.1 Å². The summed E-state index contributed by atoms with van der Waals surface area (Å²) in [7, 11) is 0. The number of hydrogen-bond acceptors (Lipinski definition) is 2. The first-order valence-corrected chi connectivity index (χ1v) is 8.22. The summed E-state index contributed by atoms with van der Waals surface area (Å²) < 4.78 is 0. The van der Waals surface area contributed by atoms with Crippen molar-refractivity contribution in [3.8, 4) is 0 Å². The van der Waals surface area contributed by atoms with Gasteiger partial charge < -0.3 is 10.6 Å². The highest BCUT2D eigenvalue weighted by Crippen LogP contribution is 2.19. The van der Waals surface area contributed by atoms with Gasteiger partial charge in [-0.15, -0.1) is 0 Å². The van der Waals surface area contributed by atoms with Crippen molar-refractivity contribution >= 4 is 11.6 Å². The van der Waals surface area contributed by atoms with E-state index in [1.54, 1.807) is 0 Å². The molecule has 1 saturated heterocycles. The lowest BCUT2D eigenvalue weighted by atomic mass is 9.96. The van der Waals surface area contributed by atoms with Crippen molar-refractivity contribution in [3.05, 3.63) is 34.3 Å². The zero-order chi connectivity index (χ0) is 14.4. The highest BCUT2D eigenvalue weighted by molar-refractivity contribution is 6.31. The molecule has 1 heterocycles. The van der Waals surface area contributed by atoms with Crippen LogP contribution in [0.25, 0.3) is 0 Å². The quantitative estimate of drug-likeness (QED) is 0.838. The van der Waals surface area contributed by atoms with Gasteiger partial charge in [-0.1, -0.05) is 30.7 Å². The second-order valence-electron chi connectivity index (χ2n) is 6.16. The van der Waals surface area contributed by atoms with E-state index < -0.39 is 0 Å². The van der Waals surface area contributed by atoms with Crippen LogP contribution >= 0.6 is 11.6 Å². The Morgan fingerprint density at radius 2 is 2.10 bits per heavy atom. The molecule has 2 nitrogen and oxygen atoms in total. The van der Waals surface area contributed by atoms with Crippen molar-refractivity contribution < 1.29 is 0 Å². The smallest absolute Gasteiger partial charge is 0.0435 e. The minimum absolute atomic E-state index is 0.713. The number of rotatable bonds is 6. The van der Waals surface area contributed by atoms with Gasteiger partial charge >= 0.3 is 0 Å². The predicted molar refractivity (Wildman–Crippen MR) is 87.6 cm³/mol. The molecule has 20 heavy (non-hydrogen) atoms. The van der Waals surface area contributed by atoms with Crippen LogP contribution in [-0.2, 0) is 6.42 Å². The highest BCUT2D eigenvalue weighted by atomic mass is 35.5. The fourth-order valence-corrected chi connectivity index (χ4v) is 3.02. The van der Waals surface area contributed by atoms with Crippen LogP contribution in [0.4, 0.5) is 0 Å². The third kappa shape index (κ3) is 5.08. The van der Waals surface area contributed by atoms with E-state index in [0.717, 1.165) is 37.1 Å². The molecule has 0 unspecified atom stereocenters. The SMILES string of the molecule is Cc1cc(C[C@H](C)CCNC2CCNCC2)ccc1Cl. The first kappa shape index (κ1) is 15.8. The first-order chi connectivity index (χ1) is 9.65. The summed E-state index contributed by atoms with van der Waals surface area (Å²) in [6, 6.07) is 7.12. The van der Waals surface area contributed by atoms with E-state index in [4.69, 9.17) is 11.6 Å². The van der Waals surface area contributed by atoms with Gasteiger partial charge in [0.1, 0.15) is 0 Å². The van der Waals surface area contributed by atoms with Crippen molar-refractivity contribution in [2.75, 3.05) is 19.6 Å². The largest absolute Gasteiger partial charge is 0.317 e. The third-order valence-corrected chi connectivity index (χ3v) is 4.64. The zero-order valence-electron chi connectivity index (χ0n) is 12.7. The van der Waals surface area contributed by atoms with E-state index in [1.807, 2.05) is 6.07 Å². The van der Waals surface area contributed by atoms with Crippen molar-refractivity contribution in [2.24, 2.45) is 5.92 Å². The lowest BCUT2D eigenvalue weighted by Gasteiger charge is -2.24. The molecule has 1 atom stereocenters. The van der Waals surface area contributed by atoms with Crippen LogP contribution in [0.15, 0.2) is 18.2 Å². The monoisotopic (exact) mass is 294 g/mol. The van der Waals surface area contributed by atoms with Crippen molar-refractivity contribution in [1.29, 1.82) is 0 Å². The van der Waals surface area contributed by atoms with Crippen LogP contribution in [0.1, 0.15) is 37.3 Å². The van der Waals surface area contributed by atoms with Gasteiger partial charge in [-0.05, 0) is 75.4 Å². The Labute approximate surface area is 128 Å². The van der Waals surface area contributed by atoms with Gasteiger partial charge in [0.25, 0.3) is 0 Å². The molecule has 1 aromatic carbocycles. The average Bonchev–Trinajstić information content (AvgIpc) is 2.44. The number of hydrogen-bond donors (Lipinski definition) is 2. The van der Waals surface area contributed by atoms with Gasteiger partial charge in [0.2, 0.25) is 0 Å². The Balaban J connectivity index is 1.69. The first-order valence-electron chi connectivity index (χ1n) is 7.84. The molecule has 0 amide bonds. The molecule has 0 aliphatic carbocycles. The Bertz CT molecular complexity index is 413. The summed E-state index contributed by atoms with van der Waals surface area (Å²) in [5.41, 5.74) is 2.59. The Kier molecular flexibility index (Phi) is 6.34. The number of aryl methyl sites for hydroxylation is 1. The third-order valence-electron chi connectivity index (χ3n) is 4.22. The van der Waals surface area contributed by atoms with Crippen LogP contribution < -0.4 is 10.6 Å². The van der Waals surface area contributed by atoms with Crippen LogP contribution in [0, 0.1) is 12.8 Å². The summed E-state index contributed by atoms with van der Waals surface area (Å²) in [4.78, 5) is 0. The van der Waals surface area contributed by atoms with Crippen LogP contribution in [0.3, 0.4) is 0 Å². The van der Waals surface area contributed by atoms with Crippen LogP contribution in [0.5, 0.6) is 0 Å². The predicted octanol–water partition coefficient (Wildman–Crippen LogP) is 3.56. The number of piperidine rings is 1. The van der Waals surface area contributed by atoms with Gasteiger partial charge in [-0.25, -0.2) is 0 Å². The normalized spacial score (nSPS) is 18.1. The molecule has 1 fully saturated rings. The molecule has 1 aromatic rings. The molecule has 0 spiro atoms. The van der Waals surface area contributed by atoms with Crippen molar-refractivity contribution in [2.45, 2.75) is 45.6 Å². The molecule has 2 rings (SSSR count). The summed E-state index contributed by atoms with van der Waals surface area (Å²) in [6.07, 6.45) is 4.92. The Hall–Kier alpha value is -0.570. The standard InChI is InChI=1S/C17H27ClN2/c1-13(5-10-20-16-6-8-19-9-7-16)11-15-3-4-17(18)14(2)12-15/h3-4,12-13,16,19-20H,5-11H2,1-2H3/t13-/m1/s1. The minimum atomic E-state index is 0.713. The molecular weight excluding hydrogens is 268 g/mol. The molecule has 112 valence electrons. The maximum Gasteiger partial charge on any atom is 0.0435 e. The second kappa shape index (κ2) is 8.02. The van der Waals surface area contributed by atoms with E-state index in [9.17, 15) is 0 Å². The zero-order valence-corrected chi connectivity index (χ0v) is 13.5. The summed E-state index contributed by atoms with van der Waals surface area (Å²) >= 11 is 6.07. The maximum atomic E-state index is 6.07. The van der Waals surface area contributed by atoms with E-state index >= 15 is 0 Å². The average molecular weight is 295 g/mol. The van der Waals surface area contributed by atoms with Gasteiger partial charge in [0.15, 0.2) is 0 Å². The Morgan fingerprint density at radius 3 is 2.80 bits per heavy atom. The summed E-state index contributed by atoms with van der Waals surface area (Å²) in [5.74, 6) is 0.713. The minimum Gasteiger partial charge on any atom is -0.317 e. The lowest BCUT2D eigenvalue weighted by molar-refractivity contribution is 0.372. The molecule has 0 radical (unpaired) electrons. The second-order valence-corrected chi connectivity index (χ2v) is 6.57. The summed E-state index contributed by atoms with van der Waals surface area (Å²) in [5, 5.41) is 7.97. The number of nitrogens with one attached hydrogen (secondary N) is 2. The van der Waals surface area contributed by atoms with E-state index in [-0.39, 0.29) is 0 Å². The Morgan fingerprint density at radius 1 is 1.35 bits per heavy atom. The van der Waals surface area contributed by atoms with E-state index in [2.05, 4.69) is 36.6 Å². The number of halogens is 1. The molecule has 1 aliphatic rings. The molecule has 3 heteroatoms. The van der Waals surface area contributed by atoms with Crippen molar-refractivity contribution in [1.82, 2.24) is 10.6 Å². The van der Waals surface area contributed by atoms with Crippen molar-refractivity contribution in [3.63, 3.8) is 0 Å². The lowest BCUT2D eigenvalue weighted by Crippen LogP contribution is -2.40. The van der Waals surface area contributed by atoms with E-state index in [1.165, 1.54) is 30.4 Å². The molecule has 0 aromatic heterocycles. The maximum absolute atomic E-state index is 6.07. The van der Waals surface area contributed by atoms with Gasteiger partial charge in [0, 0.05) is 11.1 Å². The molecule has 0 saturated carbocycles. The van der Waals surface area contributed by atoms with Crippen LogP contribution in [-0.4, -0.2) is 25.7 Å². The van der Waals surface area contributed by atoms with Gasteiger partial charge in [-0.3, -0.25) is 0 Å². The fraction of sp³-hybridized carbons (Fsp3) is 0.647. The van der Waals surface area contributed by atoms with E-state index in [0.29, 0.717) is 5.92 Å². The van der Waals surface area contributed by atoms with Gasteiger partial charge in [-0.2, -0.15) is 0 Å². The fourth-order valence-electron chi connectivity index (χ4n) is 2.90. The highest BCUT2D eigenvalue weighted by Gasteiger charge is 2.12. The molecule has 2 N–H and O–H groups in total. The molecule has 1 aliphatic heterocycles.